The predicted octanol–water partition coefficient (Wildman–Crippen LogP) is 3.01. The van der Waals surface area contributed by atoms with Crippen LogP contribution in [0.25, 0.3) is 0 Å². The average Bonchev–Trinajstić information content (AvgIpc) is 2.32. The number of nitrogens with one attached hydrogen (secondary N) is 1. The summed E-state index contributed by atoms with van der Waals surface area (Å²) in [5.74, 6) is -1.06. The number of rotatable bonds is 5. The Balaban J connectivity index is 2.14. The largest absolute Gasteiger partial charge is 0.481 e. The lowest BCUT2D eigenvalue weighted by molar-refractivity contribution is -0.137. The van der Waals surface area contributed by atoms with Gasteiger partial charge in [0.25, 0.3) is 0 Å². The van der Waals surface area contributed by atoms with Crippen molar-refractivity contribution >= 4 is 35.1 Å². The molecule has 0 unspecified atom stereocenters. The van der Waals surface area contributed by atoms with E-state index in [0.717, 1.165) is 24.8 Å². The molecule has 1 aliphatic carbocycles. The molecule has 0 heterocycles. The molecule has 0 bridgehead atoms. The van der Waals surface area contributed by atoms with Crippen LogP contribution in [0.15, 0.2) is 18.2 Å². The molecule has 0 saturated heterocycles. The fraction of sp³-hybridized carbons (Fsp3) is 0.429. The van der Waals surface area contributed by atoms with Gasteiger partial charge < -0.3 is 10.4 Å². The Morgan fingerprint density at radius 3 is 2.45 bits per heavy atom. The molecule has 1 fully saturated rings. The number of carboxylic acids is 1. The number of carbonyl (C=O) groups excluding carboxylic acids is 1. The van der Waals surface area contributed by atoms with E-state index < -0.39 is 11.4 Å². The van der Waals surface area contributed by atoms with Crippen LogP contribution in [0.1, 0.15) is 31.2 Å². The highest BCUT2D eigenvalue weighted by atomic mass is 35.5. The van der Waals surface area contributed by atoms with Crippen molar-refractivity contribution < 1.29 is 14.7 Å². The fourth-order valence-electron chi connectivity index (χ4n) is 2.42. The van der Waals surface area contributed by atoms with E-state index in [1.54, 1.807) is 12.1 Å². The lowest BCUT2D eigenvalue weighted by atomic mass is 9.64. The Bertz CT molecular complexity index is 541. The van der Waals surface area contributed by atoms with Crippen LogP contribution in [-0.4, -0.2) is 23.5 Å². The molecule has 108 valence electrons. The quantitative estimate of drug-likeness (QED) is 0.877. The second-order valence-electron chi connectivity index (χ2n) is 4.96. The summed E-state index contributed by atoms with van der Waals surface area (Å²) in [6.45, 7) is 0.136. The third kappa shape index (κ3) is 2.91. The first kappa shape index (κ1) is 15.1. The van der Waals surface area contributed by atoms with Crippen LogP contribution >= 0.6 is 23.2 Å². The van der Waals surface area contributed by atoms with E-state index in [4.69, 9.17) is 28.3 Å². The van der Waals surface area contributed by atoms with Crippen LogP contribution in [0.2, 0.25) is 10.0 Å². The van der Waals surface area contributed by atoms with Crippen LogP contribution < -0.4 is 5.32 Å². The van der Waals surface area contributed by atoms with E-state index >= 15 is 0 Å². The van der Waals surface area contributed by atoms with Gasteiger partial charge in [-0.25, -0.2) is 0 Å². The second-order valence-corrected chi connectivity index (χ2v) is 5.78. The molecule has 1 aromatic carbocycles. The van der Waals surface area contributed by atoms with E-state index in [1.165, 1.54) is 0 Å². The van der Waals surface area contributed by atoms with E-state index in [-0.39, 0.29) is 18.9 Å². The van der Waals surface area contributed by atoms with Crippen molar-refractivity contribution in [3.05, 3.63) is 33.8 Å². The molecule has 1 saturated carbocycles. The van der Waals surface area contributed by atoms with Gasteiger partial charge in [-0.05, 0) is 30.5 Å². The number of hydrogen-bond donors (Lipinski definition) is 2. The maximum atomic E-state index is 12.3. The summed E-state index contributed by atoms with van der Waals surface area (Å²) in [4.78, 5) is 22.8. The number of benzene rings is 1. The first-order chi connectivity index (χ1) is 9.45. The highest BCUT2D eigenvalue weighted by molar-refractivity contribution is 6.42. The summed E-state index contributed by atoms with van der Waals surface area (Å²) in [5.41, 5.74) is 0.248. The van der Waals surface area contributed by atoms with Gasteiger partial charge in [0.15, 0.2) is 0 Å². The lowest BCUT2D eigenvalue weighted by Crippen LogP contribution is -2.49. The summed E-state index contributed by atoms with van der Waals surface area (Å²) in [5, 5.41) is 12.2. The van der Waals surface area contributed by atoms with Crippen molar-refractivity contribution in [2.45, 2.75) is 31.1 Å². The fourth-order valence-corrected chi connectivity index (χ4v) is 2.72. The normalized spacial score (nSPS) is 16.3. The zero-order chi connectivity index (χ0) is 14.8. The zero-order valence-electron chi connectivity index (χ0n) is 10.8. The van der Waals surface area contributed by atoms with Crippen LogP contribution in [0.4, 0.5) is 0 Å². The monoisotopic (exact) mass is 315 g/mol. The first-order valence-corrected chi connectivity index (χ1v) is 7.17. The molecule has 20 heavy (non-hydrogen) atoms. The molecular formula is C14H15Cl2NO3. The van der Waals surface area contributed by atoms with Crippen LogP contribution in [0.3, 0.4) is 0 Å². The number of carboxylic acid groups (broad SMARTS) is 1. The van der Waals surface area contributed by atoms with E-state index in [2.05, 4.69) is 5.32 Å². The van der Waals surface area contributed by atoms with Crippen molar-refractivity contribution in [3.63, 3.8) is 0 Å². The molecule has 2 N–H and O–H groups in total. The third-order valence-electron chi connectivity index (χ3n) is 3.74. The molecule has 0 radical (unpaired) electrons. The maximum absolute atomic E-state index is 12.3. The predicted molar refractivity (Wildman–Crippen MR) is 77.3 cm³/mol. The molecule has 1 aromatic rings. The van der Waals surface area contributed by atoms with Crippen molar-refractivity contribution in [2.24, 2.45) is 0 Å². The SMILES string of the molecule is O=C(O)CCNC(=O)C1(c2ccc(Cl)c(Cl)c2)CCC1. The molecule has 1 amide bonds. The number of halogens is 2. The van der Waals surface area contributed by atoms with E-state index in [0.29, 0.717) is 10.0 Å². The van der Waals surface area contributed by atoms with Crippen molar-refractivity contribution in [3.8, 4) is 0 Å². The van der Waals surface area contributed by atoms with Gasteiger partial charge in [-0.2, -0.15) is 0 Å². The Morgan fingerprint density at radius 2 is 1.95 bits per heavy atom. The third-order valence-corrected chi connectivity index (χ3v) is 4.48. The highest BCUT2D eigenvalue weighted by Gasteiger charge is 2.45. The molecule has 1 aliphatic rings. The smallest absolute Gasteiger partial charge is 0.305 e. The minimum atomic E-state index is -0.928. The number of amides is 1. The summed E-state index contributed by atoms with van der Waals surface area (Å²) in [6.07, 6.45) is 2.36. The van der Waals surface area contributed by atoms with Crippen LogP contribution in [-0.2, 0) is 15.0 Å². The van der Waals surface area contributed by atoms with Gasteiger partial charge in [0, 0.05) is 6.54 Å². The van der Waals surface area contributed by atoms with E-state index in [9.17, 15) is 9.59 Å². The summed E-state index contributed by atoms with van der Waals surface area (Å²) in [7, 11) is 0. The Labute approximate surface area is 127 Å². The van der Waals surface area contributed by atoms with Gasteiger partial charge in [-0.1, -0.05) is 35.7 Å². The molecule has 4 nitrogen and oxygen atoms in total. The average molecular weight is 316 g/mol. The molecule has 2 rings (SSSR count). The van der Waals surface area contributed by atoms with Gasteiger partial charge >= 0.3 is 5.97 Å². The topological polar surface area (TPSA) is 66.4 Å². The standard InChI is InChI=1S/C14H15Cl2NO3/c15-10-3-2-9(8-11(10)16)14(5-1-6-14)13(20)17-7-4-12(18)19/h2-3,8H,1,4-7H2,(H,17,20)(H,18,19). The molecule has 0 aliphatic heterocycles. The van der Waals surface area contributed by atoms with E-state index in [1.807, 2.05) is 6.07 Å². The Morgan fingerprint density at radius 1 is 1.25 bits per heavy atom. The van der Waals surface area contributed by atoms with Crippen molar-refractivity contribution in [1.29, 1.82) is 0 Å². The minimum absolute atomic E-state index is 0.0802. The van der Waals surface area contributed by atoms with Crippen molar-refractivity contribution in [2.75, 3.05) is 6.54 Å². The van der Waals surface area contributed by atoms with Gasteiger partial charge in [0.05, 0.1) is 21.9 Å². The maximum Gasteiger partial charge on any atom is 0.305 e. The summed E-state index contributed by atoms with van der Waals surface area (Å²) < 4.78 is 0. The summed E-state index contributed by atoms with van der Waals surface area (Å²) in [6, 6.07) is 5.22. The van der Waals surface area contributed by atoms with Crippen LogP contribution in [0.5, 0.6) is 0 Å². The van der Waals surface area contributed by atoms with Gasteiger partial charge in [0.2, 0.25) is 5.91 Å². The molecule has 0 atom stereocenters. The minimum Gasteiger partial charge on any atom is -0.481 e. The molecule has 6 heteroatoms. The number of hydrogen-bond acceptors (Lipinski definition) is 2. The number of aliphatic carboxylic acids is 1. The summed E-state index contributed by atoms with van der Waals surface area (Å²) >= 11 is 11.9. The van der Waals surface area contributed by atoms with Gasteiger partial charge in [-0.3, -0.25) is 9.59 Å². The van der Waals surface area contributed by atoms with Crippen molar-refractivity contribution in [1.82, 2.24) is 5.32 Å². The Hall–Kier alpha value is -1.26. The molecule has 0 spiro atoms. The highest BCUT2D eigenvalue weighted by Crippen LogP contribution is 2.45. The zero-order valence-corrected chi connectivity index (χ0v) is 12.3. The lowest BCUT2D eigenvalue weighted by Gasteiger charge is -2.40. The first-order valence-electron chi connectivity index (χ1n) is 6.41. The van der Waals surface area contributed by atoms with Gasteiger partial charge in [0.1, 0.15) is 0 Å². The Kier molecular flexibility index (Phi) is 4.55. The molecular weight excluding hydrogens is 301 g/mol. The van der Waals surface area contributed by atoms with Crippen LogP contribution in [0, 0.1) is 0 Å². The van der Waals surface area contributed by atoms with Gasteiger partial charge in [-0.15, -0.1) is 0 Å². The number of carbonyl (C=O) groups is 2. The molecule has 0 aromatic heterocycles. The second kappa shape index (κ2) is 6.02.